The Kier molecular flexibility index (Phi) is 3.82. The first-order valence-corrected chi connectivity index (χ1v) is 6.30. The number of carbonyl (C=O) groups excluding carboxylic acids is 1. The molecule has 4 nitrogen and oxygen atoms in total. The number of carbonyl (C=O) groups is 1. The van der Waals surface area contributed by atoms with Crippen LogP contribution in [0.15, 0.2) is 0 Å². The molecule has 4 heteroatoms. The predicted molar refractivity (Wildman–Crippen MR) is 62.2 cm³/mol. The summed E-state index contributed by atoms with van der Waals surface area (Å²) < 4.78 is 5.30. The Morgan fingerprint density at radius 2 is 2.25 bits per heavy atom. The second-order valence-electron chi connectivity index (χ2n) is 5.18. The topological polar surface area (TPSA) is 50.4 Å². The third-order valence-electron chi connectivity index (χ3n) is 3.82. The molecule has 2 aliphatic heterocycles. The summed E-state index contributed by atoms with van der Waals surface area (Å²) in [5, 5.41) is 6.47. The van der Waals surface area contributed by atoms with Gasteiger partial charge >= 0.3 is 0 Å². The van der Waals surface area contributed by atoms with Crippen LogP contribution in [0, 0.1) is 5.41 Å². The number of ether oxygens (including phenoxy) is 1. The van der Waals surface area contributed by atoms with Gasteiger partial charge in [-0.1, -0.05) is 6.92 Å². The van der Waals surface area contributed by atoms with Gasteiger partial charge in [0.2, 0.25) is 5.91 Å². The normalized spacial score (nSPS) is 28.9. The molecule has 2 N–H and O–H groups in total. The summed E-state index contributed by atoms with van der Waals surface area (Å²) in [5.74, 6) is 0.199. The van der Waals surface area contributed by atoms with E-state index in [4.69, 9.17) is 4.74 Å². The Balaban J connectivity index is 1.77. The van der Waals surface area contributed by atoms with Crippen LogP contribution in [0.1, 0.15) is 32.6 Å². The Bertz CT molecular complexity index is 243. The van der Waals surface area contributed by atoms with E-state index in [-0.39, 0.29) is 11.3 Å². The third kappa shape index (κ3) is 2.74. The Hall–Kier alpha value is -0.610. The molecule has 0 spiro atoms. The van der Waals surface area contributed by atoms with E-state index in [0.717, 1.165) is 25.9 Å². The lowest BCUT2D eigenvalue weighted by Crippen LogP contribution is -2.46. The molecule has 2 heterocycles. The molecular formula is C12H22N2O2. The lowest BCUT2D eigenvalue weighted by molar-refractivity contribution is -0.135. The van der Waals surface area contributed by atoms with Gasteiger partial charge in [-0.05, 0) is 32.2 Å². The standard InChI is InChI=1S/C12H22N2O2/c1-12(4-7-16-8-5-12)11(15)14-9-10-3-2-6-13-10/h10,13H,2-9H2,1H3,(H,14,15)/t10-/m1/s1. The number of rotatable bonds is 3. The first-order chi connectivity index (χ1) is 7.71. The Morgan fingerprint density at radius 3 is 2.88 bits per heavy atom. The van der Waals surface area contributed by atoms with Crippen LogP contribution >= 0.6 is 0 Å². The SMILES string of the molecule is CC1(C(=O)NC[C@H]2CCCN2)CCOCC1. The van der Waals surface area contributed by atoms with Crippen LogP contribution in [-0.2, 0) is 9.53 Å². The second-order valence-corrected chi connectivity index (χ2v) is 5.18. The summed E-state index contributed by atoms with van der Waals surface area (Å²) >= 11 is 0. The molecule has 0 bridgehead atoms. The predicted octanol–water partition coefficient (Wildman–Crippen LogP) is 0.671. The van der Waals surface area contributed by atoms with Crippen LogP contribution in [0.4, 0.5) is 0 Å². The van der Waals surface area contributed by atoms with Crippen LogP contribution in [-0.4, -0.2) is 38.3 Å². The molecular weight excluding hydrogens is 204 g/mol. The number of nitrogens with one attached hydrogen (secondary N) is 2. The molecule has 2 aliphatic rings. The highest BCUT2D eigenvalue weighted by molar-refractivity contribution is 5.82. The van der Waals surface area contributed by atoms with Crippen LogP contribution in [0.5, 0.6) is 0 Å². The second kappa shape index (κ2) is 5.15. The fourth-order valence-electron chi connectivity index (χ4n) is 2.41. The molecule has 2 rings (SSSR count). The lowest BCUT2D eigenvalue weighted by Gasteiger charge is -2.32. The van der Waals surface area contributed by atoms with Crippen LogP contribution in [0.25, 0.3) is 0 Å². The first-order valence-electron chi connectivity index (χ1n) is 6.30. The van der Waals surface area contributed by atoms with E-state index in [1.54, 1.807) is 0 Å². The molecule has 1 amide bonds. The van der Waals surface area contributed by atoms with E-state index in [1.165, 1.54) is 12.8 Å². The Labute approximate surface area is 97.1 Å². The van der Waals surface area contributed by atoms with Crippen molar-refractivity contribution in [2.45, 2.75) is 38.6 Å². The molecule has 0 aliphatic carbocycles. The molecule has 0 aromatic heterocycles. The van der Waals surface area contributed by atoms with Crippen molar-refractivity contribution in [1.29, 1.82) is 0 Å². The van der Waals surface area contributed by atoms with Gasteiger partial charge in [-0.3, -0.25) is 4.79 Å². The molecule has 0 aromatic carbocycles. The fourth-order valence-corrected chi connectivity index (χ4v) is 2.41. The van der Waals surface area contributed by atoms with Gasteiger partial charge in [-0.15, -0.1) is 0 Å². The molecule has 0 saturated carbocycles. The minimum Gasteiger partial charge on any atom is -0.381 e. The van der Waals surface area contributed by atoms with E-state index in [9.17, 15) is 4.79 Å². The minimum absolute atomic E-state index is 0.199. The van der Waals surface area contributed by atoms with E-state index in [1.807, 2.05) is 6.92 Å². The van der Waals surface area contributed by atoms with Crippen molar-refractivity contribution in [1.82, 2.24) is 10.6 Å². The molecule has 0 radical (unpaired) electrons. The highest BCUT2D eigenvalue weighted by atomic mass is 16.5. The van der Waals surface area contributed by atoms with E-state index >= 15 is 0 Å². The molecule has 0 aromatic rings. The molecule has 92 valence electrons. The van der Waals surface area contributed by atoms with E-state index < -0.39 is 0 Å². The molecule has 16 heavy (non-hydrogen) atoms. The van der Waals surface area contributed by atoms with Crippen LogP contribution < -0.4 is 10.6 Å². The zero-order valence-electron chi connectivity index (χ0n) is 10.1. The highest BCUT2D eigenvalue weighted by Crippen LogP contribution is 2.29. The minimum atomic E-state index is -0.211. The molecule has 2 fully saturated rings. The summed E-state index contributed by atoms with van der Waals surface area (Å²) in [4.78, 5) is 12.1. The third-order valence-corrected chi connectivity index (χ3v) is 3.82. The summed E-state index contributed by atoms with van der Waals surface area (Å²) in [6, 6.07) is 0.479. The number of hydrogen-bond acceptors (Lipinski definition) is 3. The fraction of sp³-hybridized carbons (Fsp3) is 0.917. The van der Waals surface area contributed by atoms with E-state index in [2.05, 4.69) is 10.6 Å². The van der Waals surface area contributed by atoms with Crippen molar-refractivity contribution in [3.8, 4) is 0 Å². The van der Waals surface area contributed by atoms with Crippen molar-refractivity contribution in [3.63, 3.8) is 0 Å². The molecule has 0 unspecified atom stereocenters. The monoisotopic (exact) mass is 226 g/mol. The number of hydrogen-bond donors (Lipinski definition) is 2. The summed E-state index contributed by atoms with van der Waals surface area (Å²) in [6.45, 7) is 5.34. The van der Waals surface area contributed by atoms with Gasteiger partial charge in [0, 0.05) is 25.8 Å². The van der Waals surface area contributed by atoms with Crippen molar-refractivity contribution >= 4 is 5.91 Å². The van der Waals surface area contributed by atoms with Crippen molar-refractivity contribution < 1.29 is 9.53 Å². The maximum absolute atomic E-state index is 12.1. The van der Waals surface area contributed by atoms with Gasteiger partial charge in [-0.2, -0.15) is 0 Å². The maximum Gasteiger partial charge on any atom is 0.226 e. The highest BCUT2D eigenvalue weighted by Gasteiger charge is 2.35. The first kappa shape index (κ1) is 11.9. The molecule has 2 saturated heterocycles. The van der Waals surface area contributed by atoms with Gasteiger partial charge in [-0.25, -0.2) is 0 Å². The average Bonchev–Trinajstić information content (AvgIpc) is 2.79. The lowest BCUT2D eigenvalue weighted by atomic mass is 9.81. The van der Waals surface area contributed by atoms with Crippen LogP contribution in [0.2, 0.25) is 0 Å². The van der Waals surface area contributed by atoms with Gasteiger partial charge in [0.1, 0.15) is 0 Å². The van der Waals surface area contributed by atoms with Crippen molar-refractivity contribution in [3.05, 3.63) is 0 Å². The summed E-state index contributed by atoms with van der Waals surface area (Å²) in [5.41, 5.74) is -0.211. The molecule has 1 atom stereocenters. The van der Waals surface area contributed by atoms with Gasteiger partial charge in [0.05, 0.1) is 5.41 Å². The average molecular weight is 226 g/mol. The van der Waals surface area contributed by atoms with Gasteiger partial charge in [0.15, 0.2) is 0 Å². The van der Waals surface area contributed by atoms with E-state index in [0.29, 0.717) is 19.3 Å². The zero-order valence-corrected chi connectivity index (χ0v) is 10.1. The van der Waals surface area contributed by atoms with Crippen molar-refractivity contribution in [2.24, 2.45) is 5.41 Å². The smallest absolute Gasteiger partial charge is 0.226 e. The van der Waals surface area contributed by atoms with Crippen LogP contribution in [0.3, 0.4) is 0 Å². The zero-order chi connectivity index (χ0) is 11.4. The summed E-state index contributed by atoms with van der Waals surface area (Å²) in [7, 11) is 0. The summed E-state index contributed by atoms with van der Waals surface area (Å²) in [6.07, 6.45) is 4.10. The quantitative estimate of drug-likeness (QED) is 0.743. The maximum atomic E-state index is 12.1. The van der Waals surface area contributed by atoms with Crippen molar-refractivity contribution in [2.75, 3.05) is 26.3 Å². The van der Waals surface area contributed by atoms with Gasteiger partial charge in [0.25, 0.3) is 0 Å². The van der Waals surface area contributed by atoms with Gasteiger partial charge < -0.3 is 15.4 Å². The Morgan fingerprint density at radius 1 is 1.50 bits per heavy atom. The number of amides is 1. The largest absolute Gasteiger partial charge is 0.381 e.